The standard InChI is InChI=1S/C12H18N2O3S2/c1-8(2)19(16,17)7-6-14-9(3)4-5-10(11(13)18)12(14)15/h4-5,8H,6-7H2,1-3H3,(H2,13,18). The molecule has 1 aromatic rings. The van der Waals surface area contributed by atoms with Crippen molar-refractivity contribution < 1.29 is 8.42 Å². The molecular formula is C12H18N2O3S2. The first kappa shape index (κ1) is 15.8. The summed E-state index contributed by atoms with van der Waals surface area (Å²) in [5.74, 6) is -0.0772. The molecule has 0 saturated heterocycles. The van der Waals surface area contributed by atoms with Crippen LogP contribution in [0.3, 0.4) is 0 Å². The summed E-state index contributed by atoms with van der Waals surface area (Å²) >= 11 is 4.80. The van der Waals surface area contributed by atoms with Crippen LogP contribution in [0.15, 0.2) is 16.9 Å². The van der Waals surface area contributed by atoms with Crippen molar-refractivity contribution in [2.24, 2.45) is 5.73 Å². The number of nitrogens with zero attached hydrogens (tertiary/aromatic N) is 1. The van der Waals surface area contributed by atoms with Gasteiger partial charge in [-0.2, -0.15) is 0 Å². The normalized spacial score (nSPS) is 11.8. The first-order valence-corrected chi connectivity index (χ1v) is 8.01. The molecule has 1 heterocycles. The zero-order chi connectivity index (χ0) is 14.8. The minimum absolute atomic E-state index is 0.0190. The van der Waals surface area contributed by atoms with Crippen molar-refractivity contribution in [2.45, 2.75) is 32.6 Å². The Balaban J connectivity index is 3.13. The fourth-order valence-corrected chi connectivity index (χ4v) is 2.65. The number of pyridine rings is 1. The van der Waals surface area contributed by atoms with Crippen LogP contribution < -0.4 is 11.3 Å². The van der Waals surface area contributed by atoms with Crippen LogP contribution >= 0.6 is 12.2 Å². The molecule has 0 unspecified atom stereocenters. The minimum Gasteiger partial charge on any atom is -0.389 e. The van der Waals surface area contributed by atoms with Gasteiger partial charge in [0.15, 0.2) is 9.84 Å². The molecule has 5 nitrogen and oxygen atoms in total. The van der Waals surface area contributed by atoms with E-state index < -0.39 is 15.1 Å². The maximum absolute atomic E-state index is 12.1. The monoisotopic (exact) mass is 302 g/mol. The molecule has 1 aromatic heterocycles. The molecule has 0 aliphatic rings. The van der Waals surface area contributed by atoms with E-state index in [1.165, 1.54) is 4.57 Å². The summed E-state index contributed by atoms with van der Waals surface area (Å²) < 4.78 is 25.0. The number of aromatic nitrogens is 1. The number of rotatable bonds is 5. The van der Waals surface area contributed by atoms with Crippen molar-refractivity contribution in [3.63, 3.8) is 0 Å². The number of thiocarbonyl (C=S) groups is 1. The van der Waals surface area contributed by atoms with E-state index in [0.717, 1.165) is 0 Å². The number of aryl methyl sites for hydroxylation is 1. The van der Waals surface area contributed by atoms with E-state index in [-0.39, 0.29) is 28.4 Å². The fourth-order valence-electron chi connectivity index (χ4n) is 1.59. The van der Waals surface area contributed by atoms with E-state index in [9.17, 15) is 13.2 Å². The molecule has 1 rings (SSSR count). The van der Waals surface area contributed by atoms with Crippen LogP contribution in [0.5, 0.6) is 0 Å². The summed E-state index contributed by atoms with van der Waals surface area (Å²) in [6.07, 6.45) is 0. The van der Waals surface area contributed by atoms with Crippen LogP contribution in [-0.2, 0) is 16.4 Å². The largest absolute Gasteiger partial charge is 0.389 e. The molecule has 0 atom stereocenters. The van der Waals surface area contributed by atoms with Crippen LogP contribution in [0, 0.1) is 6.92 Å². The van der Waals surface area contributed by atoms with Crippen molar-refractivity contribution in [2.75, 3.05) is 5.75 Å². The molecule has 0 fully saturated rings. The third-order valence-corrected chi connectivity index (χ3v) is 5.38. The quantitative estimate of drug-likeness (QED) is 0.806. The molecule has 0 aliphatic carbocycles. The molecule has 0 bridgehead atoms. The average molecular weight is 302 g/mol. The average Bonchev–Trinajstić information content (AvgIpc) is 2.27. The van der Waals surface area contributed by atoms with E-state index in [1.807, 2.05) is 0 Å². The molecule has 0 spiro atoms. The summed E-state index contributed by atoms with van der Waals surface area (Å²) in [7, 11) is -3.19. The first-order valence-electron chi connectivity index (χ1n) is 5.88. The summed E-state index contributed by atoms with van der Waals surface area (Å²) in [6.45, 7) is 5.10. The van der Waals surface area contributed by atoms with E-state index in [1.54, 1.807) is 32.9 Å². The van der Waals surface area contributed by atoms with Gasteiger partial charge in [0, 0.05) is 12.2 Å². The SMILES string of the molecule is Cc1ccc(C(N)=S)c(=O)n1CCS(=O)(=O)C(C)C. The molecule has 2 N–H and O–H groups in total. The second kappa shape index (κ2) is 5.83. The lowest BCUT2D eigenvalue weighted by Crippen LogP contribution is -2.33. The molecule has 0 aromatic carbocycles. The van der Waals surface area contributed by atoms with Gasteiger partial charge in [-0.15, -0.1) is 0 Å². The van der Waals surface area contributed by atoms with Crippen molar-refractivity contribution in [3.8, 4) is 0 Å². The zero-order valence-electron chi connectivity index (χ0n) is 11.2. The maximum Gasteiger partial charge on any atom is 0.261 e. The Morgan fingerprint density at radius 2 is 2.00 bits per heavy atom. The lowest BCUT2D eigenvalue weighted by molar-refractivity contribution is 0.577. The number of hydrogen-bond acceptors (Lipinski definition) is 4. The smallest absolute Gasteiger partial charge is 0.261 e. The van der Waals surface area contributed by atoms with Gasteiger partial charge in [0.2, 0.25) is 0 Å². The van der Waals surface area contributed by atoms with Gasteiger partial charge >= 0.3 is 0 Å². The number of nitrogens with two attached hydrogens (primary N) is 1. The van der Waals surface area contributed by atoms with Crippen molar-refractivity contribution in [1.82, 2.24) is 4.57 Å². The van der Waals surface area contributed by atoms with Gasteiger partial charge in [0.25, 0.3) is 5.56 Å². The molecule has 0 aliphatic heterocycles. The maximum atomic E-state index is 12.1. The van der Waals surface area contributed by atoms with Crippen LogP contribution in [0.1, 0.15) is 25.1 Å². The Kier molecular flexibility index (Phi) is 4.86. The molecule has 0 amide bonds. The topological polar surface area (TPSA) is 82.2 Å². The second-order valence-electron chi connectivity index (χ2n) is 4.63. The van der Waals surface area contributed by atoms with E-state index in [4.69, 9.17) is 18.0 Å². The van der Waals surface area contributed by atoms with Crippen molar-refractivity contribution >= 4 is 27.0 Å². The van der Waals surface area contributed by atoms with Gasteiger partial charge in [0.05, 0.1) is 16.6 Å². The van der Waals surface area contributed by atoms with Crippen LogP contribution in [0.4, 0.5) is 0 Å². The van der Waals surface area contributed by atoms with Gasteiger partial charge in [-0.05, 0) is 32.9 Å². The number of hydrogen-bond donors (Lipinski definition) is 1. The van der Waals surface area contributed by atoms with Gasteiger partial charge in [0.1, 0.15) is 4.99 Å². The Labute approximate surface area is 118 Å². The van der Waals surface area contributed by atoms with E-state index in [2.05, 4.69) is 0 Å². The predicted molar refractivity (Wildman–Crippen MR) is 80.2 cm³/mol. The van der Waals surface area contributed by atoms with E-state index >= 15 is 0 Å². The summed E-state index contributed by atoms with van der Waals surface area (Å²) in [5.41, 5.74) is 6.05. The molecular weight excluding hydrogens is 284 g/mol. The zero-order valence-corrected chi connectivity index (χ0v) is 12.8. The van der Waals surface area contributed by atoms with Gasteiger partial charge in [-0.1, -0.05) is 12.2 Å². The predicted octanol–water partition coefficient (Wildman–Crippen LogP) is 0.614. The van der Waals surface area contributed by atoms with Gasteiger partial charge in [-0.25, -0.2) is 8.42 Å². The van der Waals surface area contributed by atoms with Crippen molar-refractivity contribution in [3.05, 3.63) is 33.7 Å². The Morgan fingerprint density at radius 3 is 2.47 bits per heavy atom. The highest BCUT2D eigenvalue weighted by Crippen LogP contribution is 2.04. The third kappa shape index (κ3) is 3.63. The molecule has 0 saturated carbocycles. The summed E-state index contributed by atoms with van der Waals surface area (Å²) in [5, 5.41) is -0.456. The highest BCUT2D eigenvalue weighted by molar-refractivity contribution is 7.91. The summed E-state index contributed by atoms with van der Waals surface area (Å²) in [6, 6.07) is 3.27. The Hall–Kier alpha value is -1.21. The Bertz CT molecular complexity index is 645. The van der Waals surface area contributed by atoms with Gasteiger partial charge < -0.3 is 10.3 Å². The second-order valence-corrected chi connectivity index (χ2v) is 7.74. The van der Waals surface area contributed by atoms with Crippen molar-refractivity contribution in [1.29, 1.82) is 0 Å². The third-order valence-electron chi connectivity index (χ3n) is 2.98. The molecule has 7 heteroatoms. The lowest BCUT2D eigenvalue weighted by atomic mass is 10.2. The Morgan fingerprint density at radius 1 is 1.42 bits per heavy atom. The summed E-state index contributed by atoms with van der Waals surface area (Å²) in [4.78, 5) is 12.1. The highest BCUT2D eigenvalue weighted by atomic mass is 32.2. The molecule has 19 heavy (non-hydrogen) atoms. The molecule has 0 radical (unpaired) electrons. The fraction of sp³-hybridized carbons (Fsp3) is 0.500. The van der Waals surface area contributed by atoms with Crippen LogP contribution in [0.25, 0.3) is 0 Å². The van der Waals surface area contributed by atoms with Crippen LogP contribution in [-0.4, -0.2) is 29.0 Å². The van der Waals surface area contributed by atoms with E-state index in [0.29, 0.717) is 5.69 Å². The van der Waals surface area contributed by atoms with Crippen LogP contribution in [0.2, 0.25) is 0 Å². The molecule has 106 valence electrons. The first-order chi connectivity index (χ1) is 8.66. The highest BCUT2D eigenvalue weighted by Gasteiger charge is 2.17. The van der Waals surface area contributed by atoms with Gasteiger partial charge in [-0.3, -0.25) is 4.79 Å². The number of sulfone groups is 1. The lowest BCUT2D eigenvalue weighted by Gasteiger charge is -2.13. The minimum atomic E-state index is -3.19.